The molecule has 0 atom stereocenters. The summed E-state index contributed by atoms with van der Waals surface area (Å²) in [7, 11) is 0. The fourth-order valence-corrected chi connectivity index (χ4v) is 2.20. The SMILES string of the molecule is CC(C)=C(CC(C)(C)C)c1cccc(OC(C)(C)C)c1. The molecule has 20 heavy (non-hydrogen) atoms. The molecule has 0 saturated heterocycles. The maximum Gasteiger partial charge on any atom is 0.120 e. The zero-order chi connectivity index (χ0) is 15.6. The van der Waals surface area contributed by atoms with Gasteiger partial charge in [-0.15, -0.1) is 0 Å². The van der Waals surface area contributed by atoms with Gasteiger partial charge >= 0.3 is 0 Å². The molecule has 0 fully saturated rings. The van der Waals surface area contributed by atoms with Crippen LogP contribution in [0.5, 0.6) is 5.75 Å². The van der Waals surface area contributed by atoms with Crippen LogP contribution in [-0.4, -0.2) is 5.60 Å². The smallest absolute Gasteiger partial charge is 0.120 e. The van der Waals surface area contributed by atoms with Crippen LogP contribution in [0.1, 0.15) is 67.4 Å². The zero-order valence-electron chi connectivity index (χ0n) is 14.4. The average molecular weight is 274 g/mol. The van der Waals surface area contributed by atoms with Crippen molar-refractivity contribution in [2.75, 3.05) is 0 Å². The minimum atomic E-state index is -0.159. The van der Waals surface area contributed by atoms with Crippen LogP contribution in [0.2, 0.25) is 0 Å². The third-order valence-electron chi connectivity index (χ3n) is 2.92. The number of ether oxygens (including phenoxy) is 1. The molecule has 0 unspecified atom stereocenters. The summed E-state index contributed by atoms with van der Waals surface area (Å²) < 4.78 is 5.98. The van der Waals surface area contributed by atoms with Crippen LogP contribution in [0, 0.1) is 5.41 Å². The highest BCUT2D eigenvalue weighted by Gasteiger charge is 2.17. The average Bonchev–Trinajstić information content (AvgIpc) is 2.22. The van der Waals surface area contributed by atoms with Gasteiger partial charge in [-0.3, -0.25) is 0 Å². The lowest BCUT2D eigenvalue weighted by Crippen LogP contribution is -2.22. The van der Waals surface area contributed by atoms with E-state index in [4.69, 9.17) is 4.74 Å². The number of benzene rings is 1. The highest BCUT2D eigenvalue weighted by atomic mass is 16.5. The van der Waals surface area contributed by atoms with E-state index in [1.165, 1.54) is 16.7 Å². The normalized spacial score (nSPS) is 12.2. The van der Waals surface area contributed by atoms with Crippen molar-refractivity contribution in [1.82, 2.24) is 0 Å². The molecular weight excluding hydrogens is 244 g/mol. The first kappa shape index (κ1) is 16.8. The second-order valence-electron chi connectivity index (χ2n) is 7.96. The lowest BCUT2D eigenvalue weighted by Gasteiger charge is -2.24. The number of rotatable bonds is 3. The van der Waals surface area contributed by atoms with E-state index in [-0.39, 0.29) is 11.0 Å². The van der Waals surface area contributed by atoms with E-state index in [2.05, 4.69) is 73.6 Å². The molecule has 0 N–H and O–H groups in total. The van der Waals surface area contributed by atoms with Gasteiger partial charge in [0.1, 0.15) is 11.4 Å². The second-order valence-corrected chi connectivity index (χ2v) is 7.96. The second kappa shape index (κ2) is 6.03. The summed E-state index contributed by atoms with van der Waals surface area (Å²) in [5.74, 6) is 0.947. The molecule has 1 heteroatoms. The van der Waals surface area contributed by atoms with E-state index < -0.39 is 0 Å². The Balaban J connectivity index is 3.11. The van der Waals surface area contributed by atoms with Crippen molar-refractivity contribution in [2.45, 2.75) is 67.4 Å². The quantitative estimate of drug-likeness (QED) is 0.647. The number of hydrogen-bond acceptors (Lipinski definition) is 1. The van der Waals surface area contributed by atoms with Gasteiger partial charge in [0, 0.05) is 0 Å². The molecule has 1 aromatic rings. The lowest BCUT2D eigenvalue weighted by molar-refractivity contribution is 0.131. The standard InChI is InChI=1S/C19H30O/c1-14(2)17(13-18(3,4)5)15-10-9-11-16(12-15)20-19(6,7)8/h9-12H,13H2,1-8H3. The van der Waals surface area contributed by atoms with Gasteiger partial charge in [0.2, 0.25) is 0 Å². The van der Waals surface area contributed by atoms with E-state index in [0.29, 0.717) is 0 Å². The van der Waals surface area contributed by atoms with Gasteiger partial charge in [-0.1, -0.05) is 38.5 Å². The van der Waals surface area contributed by atoms with Crippen LogP contribution in [0.15, 0.2) is 29.8 Å². The van der Waals surface area contributed by atoms with E-state index in [9.17, 15) is 0 Å². The maximum absolute atomic E-state index is 5.98. The third kappa shape index (κ3) is 5.81. The Labute approximate surface area is 125 Å². The summed E-state index contributed by atoms with van der Waals surface area (Å²) in [4.78, 5) is 0. The van der Waals surface area contributed by atoms with Gasteiger partial charge in [0.15, 0.2) is 0 Å². The molecule has 0 aliphatic heterocycles. The summed E-state index contributed by atoms with van der Waals surface area (Å²) in [6.45, 7) is 17.5. The van der Waals surface area contributed by atoms with Crippen LogP contribution in [0.4, 0.5) is 0 Å². The molecule has 0 spiro atoms. The Morgan fingerprint density at radius 1 is 1.00 bits per heavy atom. The molecule has 1 rings (SSSR count). The summed E-state index contributed by atoms with van der Waals surface area (Å²) in [5.41, 5.74) is 4.22. The minimum absolute atomic E-state index is 0.159. The third-order valence-corrected chi connectivity index (χ3v) is 2.92. The fraction of sp³-hybridized carbons (Fsp3) is 0.579. The van der Waals surface area contributed by atoms with E-state index in [1.54, 1.807) is 0 Å². The Bertz CT molecular complexity index is 477. The van der Waals surface area contributed by atoms with Gasteiger partial charge < -0.3 is 4.74 Å². The van der Waals surface area contributed by atoms with Crippen LogP contribution in [-0.2, 0) is 0 Å². The highest BCUT2D eigenvalue weighted by Crippen LogP contribution is 2.34. The largest absolute Gasteiger partial charge is 0.488 e. The van der Waals surface area contributed by atoms with E-state index in [0.717, 1.165) is 12.2 Å². The number of allylic oxidation sites excluding steroid dienone is 2. The Kier molecular flexibility index (Phi) is 5.07. The fourth-order valence-electron chi connectivity index (χ4n) is 2.20. The first-order chi connectivity index (χ1) is 8.98. The van der Waals surface area contributed by atoms with E-state index >= 15 is 0 Å². The Hall–Kier alpha value is -1.24. The molecule has 0 heterocycles. The van der Waals surface area contributed by atoms with Crippen molar-refractivity contribution in [2.24, 2.45) is 5.41 Å². The van der Waals surface area contributed by atoms with Gasteiger partial charge in [-0.25, -0.2) is 0 Å². The van der Waals surface area contributed by atoms with Crippen molar-refractivity contribution in [1.29, 1.82) is 0 Å². The summed E-state index contributed by atoms with van der Waals surface area (Å²) in [6, 6.07) is 8.47. The zero-order valence-corrected chi connectivity index (χ0v) is 14.4. The summed E-state index contributed by atoms with van der Waals surface area (Å²) in [5, 5.41) is 0. The molecule has 0 bridgehead atoms. The van der Waals surface area contributed by atoms with Crippen molar-refractivity contribution < 1.29 is 4.74 Å². The first-order valence-electron chi connectivity index (χ1n) is 7.44. The Morgan fingerprint density at radius 3 is 2.05 bits per heavy atom. The van der Waals surface area contributed by atoms with Gasteiger partial charge in [0.05, 0.1) is 0 Å². The molecule has 0 aliphatic carbocycles. The van der Waals surface area contributed by atoms with Crippen molar-refractivity contribution in [3.05, 3.63) is 35.4 Å². The lowest BCUT2D eigenvalue weighted by atomic mass is 9.83. The Morgan fingerprint density at radius 2 is 1.60 bits per heavy atom. The molecule has 0 amide bonds. The van der Waals surface area contributed by atoms with Crippen molar-refractivity contribution in [3.63, 3.8) is 0 Å². The molecule has 0 saturated carbocycles. The van der Waals surface area contributed by atoms with Crippen molar-refractivity contribution in [3.8, 4) is 5.75 Å². The van der Waals surface area contributed by atoms with Crippen LogP contribution in [0.3, 0.4) is 0 Å². The molecule has 1 nitrogen and oxygen atoms in total. The highest BCUT2D eigenvalue weighted by molar-refractivity contribution is 5.69. The predicted molar refractivity (Wildman–Crippen MR) is 89.2 cm³/mol. The molecule has 0 radical (unpaired) electrons. The van der Waals surface area contributed by atoms with E-state index in [1.807, 2.05) is 6.07 Å². The molecule has 0 aliphatic rings. The molecule has 112 valence electrons. The van der Waals surface area contributed by atoms with Gasteiger partial charge in [-0.2, -0.15) is 0 Å². The molecule has 0 aromatic heterocycles. The predicted octanol–water partition coefficient (Wildman–Crippen LogP) is 6.09. The summed E-state index contributed by atoms with van der Waals surface area (Å²) in [6.07, 6.45) is 1.08. The van der Waals surface area contributed by atoms with Crippen LogP contribution in [0.25, 0.3) is 5.57 Å². The minimum Gasteiger partial charge on any atom is -0.488 e. The van der Waals surface area contributed by atoms with Crippen molar-refractivity contribution >= 4 is 5.57 Å². The first-order valence-corrected chi connectivity index (χ1v) is 7.44. The summed E-state index contributed by atoms with van der Waals surface area (Å²) >= 11 is 0. The van der Waals surface area contributed by atoms with Crippen LogP contribution < -0.4 is 4.74 Å². The number of hydrogen-bond donors (Lipinski definition) is 0. The maximum atomic E-state index is 5.98. The van der Waals surface area contributed by atoms with Crippen LogP contribution >= 0.6 is 0 Å². The topological polar surface area (TPSA) is 9.23 Å². The van der Waals surface area contributed by atoms with Gasteiger partial charge in [-0.05, 0) is 69.7 Å². The molecular formula is C19H30O. The molecule has 1 aromatic carbocycles. The van der Waals surface area contributed by atoms with Gasteiger partial charge in [0.25, 0.3) is 0 Å². The monoisotopic (exact) mass is 274 g/mol.